The van der Waals surface area contributed by atoms with E-state index in [1.54, 1.807) is 0 Å². The van der Waals surface area contributed by atoms with Crippen LogP contribution in [0, 0.1) is 0 Å². The maximum absolute atomic E-state index is 11.4. The van der Waals surface area contributed by atoms with Crippen LogP contribution in [0.2, 0.25) is 0 Å². The number of esters is 1. The van der Waals surface area contributed by atoms with Gasteiger partial charge >= 0.3 is 5.97 Å². The summed E-state index contributed by atoms with van der Waals surface area (Å²) in [7, 11) is 3.28. The number of nitrogens with one attached hydrogen (secondary N) is 1. The second-order valence-corrected chi connectivity index (χ2v) is 4.33. The topological polar surface area (TPSA) is 43.3 Å². The van der Waals surface area contributed by atoms with Gasteiger partial charge in [0.2, 0.25) is 0 Å². The van der Waals surface area contributed by atoms with E-state index in [1.807, 2.05) is 23.9 Å². The molecular weight excluding hydrogens is 204 g/mol. The summed E-state index contributed by atoms with van der Waals surface area (Å²) in [5.41, 5.74) is 1.82. The molecule has 0 amide bonds. The number of carbonyl (C=O) groups excluding carboxylic acids is 1. The van der Waals surface area contributed by atoms with Crippen molar-refractivity contribution < 1.29 is 9.53 Å². The minimum Gasteiger partial charge on any atom is -0.464 e. The van der Waals surface area contributed by atoms with Crippen LogP contribution in [0.5, 0.6) is 0 Å². The van der Waals surface area contributed by atoms with E-state index in [0.29, 0.717) is 11.7 Å². The SMILES string of the molecule is COC(=O)c1cc(CC2CCCN2)cn1C. The molecule has 88 valence electrons. The van der Waals surface area contributed by atoms with Gasteiger partial charge in [-0.3, -0.25) is 0 Å². The Labute approximate surface area is 95.6 Å². The van der Waals surface area contributed by atoms with Crippen LogP contribution in [-0.2, 0) is 18.2 Å². The van der Waals surface area contributed by atoms with Crippen molar-refractivity contribution in [1.82, 2.24) is 9.88 Å². The van der Waals surface area contributed by atoms with E-state index in [-0.39, 0.29) is 5.97 Å². The summed E-state index contributed by atoms with van der Waals surface area (Å²) in [5.74, 6) is -0.270. The Balaban J connectivity index is 2.07. The van der Waals surface area contributed by atoms with Crippen molar-refractivity contribution in [3.8, 4) is 0 Å². The van der Waals surface area contributed by atoms with Crippen molar-refractivity contribution in [3.05, 3.63) is 23.5 Å². The predicted molar refractivity (Wildman–Crippen MR) is 61.5 cm³/mol. The van der Waals surface area contributed by atoms with Crippen LogP contribution in [0.25, 0.3) is 0 Å². The highest BCUT2D eigenvalue weighted by atomic mass is 16.5. The lowest BCUT2D eigenvalue weighted by atomic mass is 10.1. The van der Waals surface area contributed by atoms with Gasteiger partial charge in [0.25, 0.3) is 0 Å². The van der Waals surface area contributed by atoms with Gasteiger partial charge in [0, 0.05) is 19.3 Å². The first-order chi connectivity index (χ1) is 7.70. The first-order valence-electron chi connectivity index (χ1n) is 5.67. The fraction of sp³-hybridized carbons (Fsp3) is 0.583. The van der Waals surface area contributed by atoms with Crippen LogP contribution < -0.4 is 5.32 Å². The lowest BCUT2D eigenvalue weighted by Gasteiger charge is -2.07. The lowest BCUT2D eigenvalue weighted by molar-refractivity contribution is 0.0590. The minimum absolute atomic E-state index is 0.270. The number of ether oxygens (including phenoxy) is 1. The number of hydrogen-bond donors (Lipinski definition) is 1. The summed E-state index contributed by atoms with van der Waals surface area (Å²) >= 11 is 0. The van der Waals surface area contributed by atoms with Gasteiger partial charge in [-0.2, -0.15) is 0 Å². The Hall–Kier alpha value is -1.29. The highest BCUT2D eigenvalue weighted by Crippen LogP contribution is 2.15. The van der Waals surface area contributed by atoms with Crippen LogP contribution in [0.1, 0.15) is 28.9 Å². The van der Waals surface area contributed by atoms with E-state index in [0.717, 1.165) is 13.0 Å². The fourth-order valence-corrected chi connectivity index (χ4v) is 2.27. The highest BCUT2D eigenvalue weighted by molar-refractivity contribution is 5.87. The molecule has 4 heteroatoms. The van der Waals surface area contributed by atoms with Gasteiger partial charge in [0.15, 0.2) is 0 Å². The highest BCUT2D eigenvalue weighted by Gasteiger charge is 2.17. The summed E-state index contributed by atoms with van der Waals surface area (Å²) in [6.45, 7) is 1.11. The van der Waals surface area contributed by atoms with Crippen molar-refractivity contribution in [1.29, 1.82) is 0 Å². The molecule has 0 bridgehead atoms. The molecule has 2 rings (SSSR count). The van der Waals surface area contributed by atoms with Crippen LogP contribution in [0.15, 0.2) is 12.3 Å². The molecule has 1 N–H and O–H groups in total. The third-order valence-corrected chi connectivity index (χ3v) is 3.10. The largest absolute Gasteiger partial charge is 0.464 e. The predicted octanol–water partition coefficient (Wildman–Crippen LogP) is 1.11. The van der Waals surface area contributed by atoms with Gasteiger partial charge in [-0.25, -0.2) is 4.79 Å². The molecule has 2 heterocycles. The van der Waals surface area contributed by atoms with Gasteiger partial charge < -0.3 is 14.6 Å². The molecule has 1 aliphatic heterocycles. The molecule has 1 aliphatic rings. The molecule has 1 aromatic heterocycles. The maximum Gasteiger partial charge on any atom is 0.354 e. The molecular formula is C12H18N2O2. The molecule has 0 aliphatic carbocycles. The number of aryl methyl sites for hydroxylation is 1. The van der Waals surface area contributed by atoms with Gasteiger partial charge in [0.05, 0.1) is 7.11 Å². The average molecular weight is 222 g/mol. The Morgan fingerprint density at radius 3 is 3.12 bits per heavy atom. The summed E-state index contributed by atoms with van der Waals surface area (Å²) < 4.78 is 6.55. The molecule has 1 fully saturated rings. The van der Waals surface area contributed by atoms with E-state index in [9.17, 15) is 4.79 Å². The van der Waals surface area contributed by atoms with Gasteiger partial charge in [-0.05, 0) is 37.4 Å². The standard InChI is InChI=1S/C12H18N2O2/c1-14-8-9(6-10-4-3-5-13-10)7-11(14)12(15)16-2/h7-8,10,13H,3-6H2,1-2H3. The van der Waals surface area contributed by atoms with E-state index < -0.39 is 0 Å². The molecule has 0 radical (unpaired) electrons. The smallest absolute Gasteiger partial charge is 0.354 e. The summed E-state index contributed by atoms with van der Waals surface area (Å²) in [4.78, 5) is 11.4. The van der Waals surface area contributed by atoms with Crippen LogP contribution in [-0.4, -0.2) is 30.2 Å². The second-order valence-electron chi connectivity index (χ2n) is 4.33. The zero-order chi connectivity index (χ0) is 11.5. The number of hydrogen-bond acceptors (Lipinski definition) is 3. The van der Waals surface area contributed by atoms with Crippen molar-refractivity contribution in [3.63, 3.8) is 0 Å². The van der Waals surface area contributed by atoms with Gasteiger partial charge in [-0.1, -0.05) is 0 Å². The maximum atomic E-state index is 11.4. The molecule has 1 aromatic rings. The second kappa shape index (κ2) is 4.70. The van der Waals surface area contributed by atoms with Crippen LogP contribution in [0.3, 0.4) is 0 Å². The van der Waals surface area contributed by atoms with Crippen molar-refractivity contribution >= 4 is 5.97 Å². The van der Waals surface area contributed by atoms with Gasteiger partial charge in [0.1, 0.15) is 5.69 Å². The van der Waals surface area contributed by atoms with Crippen molar-refractivity contribution in [2.24, 2.45) is 7.05 Å². The van der Waals surface area contributed by atoms with E-state index >= 15 is 0 Å². The Kier molecular flexibility index (Phi) is 3.29. The molecule has 1 saturated heterocycles. The summed E-state index contributed by atoms with van der Waals surface area (Å²) in [6.07, 6.45) is 5.47. The quantitative estimate of drug-likeness (QED) is 0.779. The van der Waals surface area contributed by atoms with E-state index in [1.165, 1.54) is 25.5 Å². The number of nitrogens with zero attached hydrogens (tertiary/aromatic N) is 1. The molecule has 0 aromatic carbocycles. The molecule has 1 unspecified atom stereocenters. The monoisotopic (exact) mass is 222 g/mol. The molecule has 0 spiro atoms. The Morgan fingerprint density at radius 2 is 2.50 bits per heavy atom. The van der Waals surface area contributed by atoms with Crippen LogP contribution in [0.4, 0.5) is 0 Å². The molecule has 4 nitrogen and oxygen atoms in total. The van der Waals surface area contributed by atoms with E-state index in [4.69, 9.17) is 4.74 Å². The zero-order valence-electron chi connectivity index (χ0n) is 9.82. The number of rotatable bonds is 3. The number of carbonyl (C=O) groups is 1. The number of methoxy groups -OCH3 is 1. The van der Waals surface area contributed by atoms with Crippen molar-refractivity contribution in [2.45, 2.75) is 25.3 Å². The Morgan fingerprint density at radius 1 is 1.69 bits per heavy atom. The minimum atomic E-state index is -0.270. The van der Waals surface area contributed by atoms with E-state index in [2.05, 4.69) is 5.32 Å². The molecule has 16 heavy (non-hydrogen) atoms. The third-order valence-electron chi connectivity index (χ3n) is 3.10. The van der Waals surface area contributed by atoms with Crippen molar-refractivity contribution in [2.75, 3.05) is 13.7 Å². The fourth-order valence-electron chi connectivity index (χ4n) is 2.27. The molecule has 0 saturated carbocycles. The summed E-state index contributed by atoms with van der Waals surface area (Å²) in [6, 6.07) is 2.49. The third kappa shape index (κ3) is 2.27. The van der Waals surface area contributed by atoms with Gasteiger partial charge in [-0.15, -0.1) is 0 Å². The number of aromatic nitrogens is 1. The normalized spacial score (nSPS) is 20.0. The first-order valence-corrected chi connectivity index (χ1v) is 5.67. The lowest BCUT2D eigenvalue weighted by Crippen LogP contribution is -2.23. The first kappa shape index (κ1) is 11.2. The summed E-state index contributed by atoms with van der Waals surface area (Å²) in [5, 5.41) is 3.45. The van der Waals surface area contributed by atoms with Crippen LogP contribution >= 0.6 is 0 Å². The zero-order valence-corrected chi connectivity index (χ0v) is 9.82. The molecule has 1 atom stereocenters. The average Bonchev–Trinajstić information content (AvgIpc) is 2.88. The Bertz CT molecular complexity index is 378.